The van der Waals surface area contributed by atoms with Gasteiger partial charge in [-0.05, 0) is 6.92 Å². The van der Waals surface area contributed by atoms with Gasteiger partial charge in [-0.3, -0.25) is 4.79 Å². The number of nitrogens with two attached hydrogens (primary N) is 1. The summed E-state index contributed by atoms with van der Waals surface area (Å²) in [6.07, 6.45) is 2.16. The van der Waals surface area contributed by atoms with Gasteiger partial charge in [-0.15, -0.1) is 11.3 Å². The van der Waals surface area contributed by atoms with Crippen molar-refractivity contribution in [1.82, 2.24) is 4.98 Å². The molecular formula is C7H10N2OS. The van der Waals surface area contributed by atoms with Crippen LogP contribution in [0.3, 0.4) is 0 Å². The van der Waals surface area contributed by atoms with Crippen molar-refractivity contribution in [1.29, 1.82) is 0 Å². The normalized spacial score (nSPS) is 10.0. The lowest BCUT2D eigenvalue weighted by Crippen LogP contribution is -2.14. The van der Waals surface area contributed by atoms with E-state index in [1.807, 2.05) is 6.92 Å². The van der Waals surface area contributed by atoms with Crippen LogP contribution < -0.4 is 5.73 Å². The number of hydrogen-bond donors (Lipinski definition) is 1. The van der Waals surface area contributed by atoms with Gasteiger partial charge in [-0.2, -0.15) is 0 Å². The van der Waals surface area contributed by atoms with Crippen LogP contribution >= 0.6 is 11.3 Å². The first-order valence-electron chi connectivity index (χ1n) is 3.35. The molecule has 1 aromatic heterocycles. The minimum atomic E-state index is 0.0636. The SMILES string of the molecule is Cc1ncc(CC(=O)CN)s1. The standard InChI is InChI=1S/C7H10N2OS/c1-5-9-4-7(11-5)2-6(10)3-8/h4H,2-3,8H2,1H3. The van der Waals surface area contributed by atoms with Crippen LogP contribution in [0.2, 0.25) is 0 Å². The van der Waals surface area contributed by atoms with Gasteiger partial charge in [0.15, 0.2) is 5.78 Å². The lowest BCUT2D eigenvalue weighted by atomic mass is 10.3. The molecule has 4 heteroatoms. The number of ketones is 1. The average Bonchev–Trinajstić information content (AvgIpc) is 2.35. The van der Waals surface area contributed by atoms with E-state index < -0.39 is 0 Å². The van der Waals surface area contributed by atoms with E-state index in [4.69, 9.17) is 5.73 Å². The lowest BCUT2D eigenvalue weighted by Gasteiger charge is -1.90. The molecule has 0 unspecified atom stereocenters. The minimum absolute atomic E-state index is 0.0636. The van der Waals surface area contributed by atoms with E-state index in [-0.39, 0.29) is 12.3 Å². The summed E-state index contributed by atoms with van der Waals surface area (Å²) in [5.74, 6) is 0.0636. The van der Waals surface area contributed by atoms with Crippen LogP contribution in [0.4, 0.5) is 0 Å². The van der Waals surface area contributed by atoms with Gasteiger partial charge in [0.2, 0.25) is 0 Å². The average molecular weight is 170 g/mol. The summed E-state index contributed by atoms with van der Waals surface area (Å²) in [5.41, 5.74) is 5.16. The second-order valence-corrected chi connectivity index (χ2v) is 3.58. The molecule has 0 aliphatic heterocycles. The summed E-state index contributed by atoms with van der Waals surface area (Å²) in [6, 6.07) is 0. The molecule has 11 heavy (non-hydrogen) atoms. The van der Waals surface area contributed by atoms with Gasteiger partial charge in [0.1, 0.15) is 0 Å². The monoisotopic (exact) mass is 170 g/mol. The summed E-state index contributed by atoms with van der Waals surface area (Å²) in [4.78, 5) is 15.9. The Morgan fingerprint density at radius 1 is 1.82 bits per heavy atom. The van der Waals surface area contributed by atoms with Crippen LogP contribution in [0, 0.1) is 6.92 Å². The van der Waals surface area contributed by atoms with Gasteiger partial charge >= 0.3 is 0 Å². The van der Waals surface area contributed by atoms with Crippen LogP contribution in [-0.4, -0.2) is 17.3 Å². The maximum atomic E-state index is 10.8. The summed E-state index contributed by atoms with van der Waals surface area (Å²) in [7, 11) is 0. The molecule has 1 rings (SSSR count). The highest BCUT2D eigenvalue weighted by Crippen LogP contribution is 2.11. The first-order valence-corrected chi connectivity index (χ1v) is 4.17. The zero-order valence-corrected chi connectivity index (χ0v) is 7.15. The number of rotatable bonds is 3. The molecular weight excluding hydrogens is 160 g/mol. The number of carbonyl (C=O) groups excluding carboxylic acids is 1. The van der Waals surface area contributed by atoms with E-state index in [1.54, 1.807) is 17.5 Å². The third kappa shape index (κ3) is 2.40. The van der Waals surface area contributed by atoms with E-state index in [0.29, 0.717) is 6.42 Å². The Labute approximate surface area is 69.3 Å². The van der Waals surface area contributed by atoms with Crippen LogP contribution in [0.5, 0.6) is 0 Å². The zero-order valence-electron chi connectivity index (χ0n) is 6.33. The number of thiazole rings is 1. The molecule has 0 saturated carbocycles. The van der Waals surface area contributed by atoms with Gasteiger partial charge in [0.25, 0.3) is 0 Å². The van der Waals surface area contributed by atoms with Crippen molar-refractivity contribution >= 4 is 17.1 Å². The Morgan fingerprint density at radius 2 is 2.55 bits per heavy atom. The highest BCUT2D eigenvalue weighted by atomic mass is 32.1. The fourth-order valence-electron chi connectivity index (χ4n) is 0.754. The topological polar surface area (TPSA) is 56.0 Å². The molecule has 0 aliphatic carbocycles. The molecule has 0 bridgehead atoms. The van der Waals surface area contributed by atoms with Gasteiger partial charge in [0, 0.05) is 17.5 Å². The molecule has 2 N–H and O–H groups in total. The summed E-state index contributed by atoms with van der Waals surface area (Å²) >= 11 is 1.54. The van der Waals surface area contributed by atoms with Crippen molar-refractivity contribution in [2.75, 3.05) is 6.54 Å². The summed E-state index contributed by atoms with van der Waals surface area (Å²) in [5, 5.41) is 0.991. The molecule has 3 nitrogen and oxygen atoms in total. The Bertz CT molecular complexity index is 257. The Kier molecular flexibility index (Phi) is 2.73. The Morgan fingerprint density at radius 3 is 3.00 bits per heavy atom. The molecule has 0 spiro atoms. The number of Topliss-reactive ketones (excluding diaryl/α,β-unsaturated/α-hetero) is 1. The van der Waals surface area contributed by atoms with Gasteiger partial charge in [-0.1, -0.05) is 0 Å². The van der Waals surface area contributed by atoms with Crippen LogP contribution in [0.25, 0.3) is 0 Å². The molecule has 60 valence electrons. The van der Waals surface area contributed by atoms with Crippen molar-refractivity contribution in [3.8, 4) is 0 Å². The smallest absolute Gasteiger partial charge is 0.151 e. The van der Waals surface area contributed by atoms with Gasteiger partial charge in [0.05, 0.1) is 11.6 Å². The fourth-order valence-corrected chi connectivity index (χ4v) is 1.58. The predicted octanol–water partition coefficient (Wildman–Crippen LogP) is 0.522. The Balaban J connectivity index is 2.57. The van der Waals surface area contributed by atoms with Crippen LogP contribution in [0.15, 0.2) is 6.20 Å². The van der Waals surface area contributed by atoms with Crippen LogP contribution in [-0.2, 0) is 11.2 Å². The largest absolute Gasteiger partial charge is 0.324 e. The summed E-state index contributed by atoms with van der Waals surface area (Å²) in [6.45, 7) is 2.04. The quantitative estimate of drug-likeness (QED) is 0.719. The third-order valence-corrected chi connectivity index (χ3v) is 2.18. The molecule has 0 aromatic carbocycles. The van der Waals surface area contributed by atoms with E-state index in [0.717, 1.165) is 9.88 Å². The molecule has 0 saturated heterocycles. The number of nitrogens with zero attached hydrogens (tertiary/aromatic N) is 1. The fraction of sp³-hybridized carbons (Fsp3) is 0.429. The van der Waals surface area contributed by atoms with Crippen LogP contribution in [0.1, 0.15) is 9.88 Å². The highest BCUT2D eigenvalue weighted by molar-refractivity contribution is 7.11. The molecule has 1 heterocycles. The van der Waals surface area contributed by atoms with Crippen molar-refractivity contribution in [2.45, 2.75) is 13.3 Å². The second kappa shape index (κ2) is 3.59. The van der Waals surface area contributed by atoms with E-state index in [2.05, 4.69) is 4.98 Å². The van der Waals surface area contributed by atoms with Crippen molar-refractivity contribution < 1.29 is 4.79 Å². The van der Waals surface area contributed by atoms with E-state index in [9.17, 15) is 4.79 Å². The van der Waals surface area contributed by atoms with E-state index in [1.165, 1.54) is 0 Å². The zero-order chi connectivity index (χ0) is 8.27. The maximum absolute atomic E-state index is 10.8. The second-order valence-electron chi connectivity index (χ2n) is 2.27. The number of carbonyl (C=O) groups is 1. The molecule has 0 radical (unpaired) electrons. The molecule has 1 aromatic rings. The predicted molar refractivity (Wildman–Crippen MR) is 44.6 cm³/mol. The molecule has 0 aliphatic rings. The minimum Gasteiger partial charge on any atom is -0.324 e. The van der Waals surface area contributed by atoms with Crippen molar-refractivity contribution in [3.05, 3.63) is 16.1 Å². The lowest BCUT2D eigenvalue weighted by molar-refractivity contribution is -0.117. The van der Waals surface area contributed by atoms with E-state index >= 15 is 0 Å². The van der Waals surface area contributed by atoms with Gasteiger partial charge in [-0.25, -0.2) is 4.98 Å². The van der Waals surface area contributed by atoms with Gasteiger partial charge < -0.3 is 5.73 Å². The maximum Gasteiger partial charge on any atom is 0.151 e. The number of aromatic nitrogens is 1. The third-order valence-electron chi connectivity index (χ3n) is 1.27. The first-order chi connectivity index (χ1) is 5.22. The molecule has 0 atom stereocenters. The molecule has 0 amide bonds. The van der Waals surface area contributed by atoms with Crippen molar-refractivity contribution in [3.63, 3.8) is 0 Å². The number of hydrogen-bond acceptors (Lipinski definition) is 4. The number of aryl methyl sites for hydroxylation is 1. The van der Waals surface area contributed by atoms with Crippen molar-refractivity contribution in [2.24, 2.45) is 5.73 Å². The molecule has 0 fully saturated rings. The Hall–Kier alpha value is -0.740. The highest BCUT2D eigenvalue weighted by Gasteiger charge is 2.03. The first kappa shape index (κ1) is 8.36. The summed E-state index contributed by atoms with van der Waals surface area (Å²) < 4.78 is 0.